The predicted octanol–water partition coefficient (Wildman–Crippen LogP) is 3.41. The quantitative estimate of drug-likeness (QED) is 0.448. The first kappa shape index (κ1) is 25.1. The smallest absolute Gasteiger partial charge is 0.341 e. The SMILES string of the molecule is COC(=O)c1c(CC(C)C)csc1NC(=O)/C=C/c1ccc(S(=O)(=O)N2CCOCC2)cc1. The van der Waals surface area contributed by atoms with Gasteiger partial charge in [0.1, 0.15) is 5.00 Å². The Hall–Kier alpha value is -2.53. The number of carbonyl (C=O) groups excluding carboxylic acids is 2. The highest BCUT2D eigenvalue weighted by atomic mass is 32.2. The highest BCUT2D eigenvalue weighted by molar-refractivity contribution is 7.89. The molecule has 3 rings (SSSR count). The lowest BCUT2D eigenvalue weighted by Crippen LogP contribution is -2.40. The minimum absolute atomic E-state index is 0.199. The highest BCUT2D eigenvalue weighted by Gasteiger charge is 2.26. The molecule has 0 unspecified atom stereocenters. The zero-order valence-electron chi connectivity index (χ0n) is 18.9. The number of nitrogens with zero attached hydrogens (tertiary/aromatic N) is 1. The molecule has 0 bridgehead atoms. The second kappa shape index (κ2) is 11.1. The Kier molecular flexibility index (Phi) is 8.41. The van der Waals surface area contributed by atoms with E-state index >= 15 is 0 Å². The molecule has 1 aromatic heterocycles. The molecule has 1 N–H and O–H groups in total. The zero-order valence-corrected chi connectivity index (χ0v) is 20.5. The molecule has 33 heavy (non-hydrogen) atoms. The minimum Gasteiger partial charge on any atom is -0.465 e. The number of rotatable bonds is 8. The molecule has 8 nitrogen and oxygen atoms in total. The summed E-state index contributed by atoms with van der Waals surface area (Å²) in [6, 6.07) is 6.33. The number of morpholine rings is 1. The molecular formula is C23H28N2O6S2. The molecule has 1 aromatic carbocycles. The summed E-state index contributed by atoms with van der Waals surface area (Å²) >= 11 is 1.28. The largest absolute Gasteiger partial charge is 0.465 e. The number of hydrogen-bond acceptors (Lipinski definition) is 7. The summed E-state index contributed by atoms with van der Waals surface area (Å²) < 4.78 is 36.9. The molecular weight excluding hydrogens is 464 g/mol. The van der Waals surface area contributed by atoms with Gasteiger partial charge in [-0.1, -0.05) is 26.0 Å². The Balaban J connectivity index is 1.69. The summed E-state index contributed by atoms with van der Waals surface area (Å²) in [6.45, 7) is 5.54. The van der Waals surface area contributed by atoms with E-state index in [1.807, 2.05) is 5.38 Å². The second-order valence-corrected chi connectivity index (χ2v) is 10.8. The van der Waals surface area contributed by atoms with Crippen LogP contribution >= 0.6 is 11.3 Å². The van der Waals surface area contributed by atoms with Gasteiger partial charge in [-0.3, -0.25) is 4.79 Å². The number of carbonyl (C=O) groups is 2. The van der Waals surface area contributed by atoms with Gasteiger partial charge in [-0.25, -0.2) is 13.2 Å². The first-order valence-electron chi connectivity index (χ1n) is 10.6. The van der Waals surface area contributed by atoms with Gasteiger partial charge in [-0.2, -0.15) is 4.31 Å². The maximum atomic E-state index is 12.7. The molecule has 0 radical (unpaired) electrons. The van der Waals surface area contributed by atoms with Gasteiger partial charge in [0.2, 0.25) is 15.9 Å². The van der Waals surface area contributed by atoms with Crippen molar-refractivity contribution >= 4 is 44.3 Å². The molecule has 0 spiro atoms. The van der Waals surface area contributed by atoms with E-state index in [9.17, 15) is 18.0 Å². The molecule has 0 saturated carbocycles. The number of ether oxygens (including phenoxy) is 2. The van der Waals surface area contributed by atoms with E-state index in [0.717, 1.165) is 5.56 Å². The number of methoxy groups -OCH3 is 1. The van der Waals surface area contributed by atoms with E-state index in [1.54, 1.807) is 18.2 Å². The minimum atomic E-state index is -3.57. The molecule has 178 valence electrons. The number of nitrogens with one attached hydrogen (secondary N) is 1. The number of sulfonamides is 1. The summed E-state index contributed by atoms with van der Waals surface area (Å²) in [7, 11) is -2.25. The first-order chi connectivity index (χ1) is 15.7. The van der Waals surface area contributed by atoms with Crippen LogP contribution in [0.25, 0.3) is 6.08 Å². The van der Waals surface area contributed by atoms with Crippen molar-refractivity contribution in [2.45, 2.75) is 25.2 Å². The Morgan fingerprint density at radius 3 is 2.48 bits per heavy atom. The molecule has 2 heterocycles. The Morgan fingerprint density at radius 1 is 1.21 bits per heavy atom. The fourth-order valence-corrected chi connectivity index (χ4v) is 5.79. The normalized spacial score (nSPS) is 15.2. The van der Waals surface area contributed by atoms with Gasteiger partial charge in [0.05, 0.1) is 30.8 Å². The van der Waals surface area contributed by atoms with Crippen molar-refractivity contribution in [3.05, 3.63) is 52.4 Å². The van der Waals surface area contributed by atoms with Crippen LogP contribution in [0.3, 0.4) is 0 Å². The van der Waals surface area contributed by atoms with Crippen molar-refractivity contribution in [1.29, 1.82) is 0 Å². The molecule has 10 heteroatoms. The number of esters is 1. The maximum Gasteiger partial charge on any atom is 0.341 e. The summed E-state index contributed by atoms with van der Waals surface area (Å²) in [5.41, 5.74) is 1.90. The lowest BCUT2D eigenvalue weighted by Gasteiger charge is -2.26. The summed E-state index contributed by atoms with van der Waals surface area (Å²) in [4.78, 5) is 24.9. The van der Waals surface area contributed by atoms with Crippen LogP contribution in [-0.4, -0.2) is 58.0 Å². The van der Waals surface area contributed by atoms with Crippen LogP contribution in [0.2, 0.25) is 0 Å². The monoisotopic (exact) mass is 492 g/mol. The summed E-state index contributed by atoms with van der Waals surface area (Å²) in [6.07, 6.45) is 3.63. The third kappa shape index (κ3) is 6.29. The number of anilines is 1. The molecule has 1 aliphatic rings. The maximum absolute atomic E-state index is 12.7. The third-order valence-electron chi connectivity index (χ3n) is 5.04. The topological polar surface area (TPSA) is 102 Å². The van der Waals surface area contributed by atoms with Gasteiger partial charge in [0, 0.05) is 19.2 Å². The van der Waals surface area contributed by atoms with Gasteiger partial charge in [-0.15, -0.1) is 11.3 Å². The van der Waals surface area contributed by atoms with E-state index in [0.29, 0.717) is 54.8 Å². The van der Waals surface area contributed by atoms with E-state index in [1.165, 1.54) is 41.0 Å². The average molecular weight is 493 g/mol. The number of thiophene rings is 1. The fourth-order valence-electron chi connectivity index (χ4n) is 3.41. The Morgan fingerprint density at radius 2 is 1.88 bits per heavy atom. The van der Waals surface area contributed by atoms with Crippen molar-refractivity contribution in [3.63, 3.8) is 0 Å². The average Bonchev–Trinajstić information content (AvgIpc) is 3.19. The standard InChI is InChI=1S/C23H28N2O6S2/c1-16(2)14-18-15-32-22(21(18)23(27)30-3)24-20(26)9-6-17-4-7-19(8-5-17)33(28,29)25-10-12-31-13-11-25/h4-9,15-16H,10-14H2,1-3H3,(H,24,26)/b9-6+. The van der Waals surface area contributed by atoms with Gasteiger partial charge in [-0.05, 0) is 47.1 Å². The lowest BCUT2D eigenvalue weighted by molar-refractivity contribution is -0.111. The molecule has 1 aliphatic heterocycles. The molecule has 1 amide bonds. The van der Waals surface area contributed by atoms with Crippen LogP contribution in [0.15, 0.2) is 40.6 Å². The first-order valence-corrected chi connectivity index (χ1v) is 12.9. The van der Waals surface area contributed by atoms with Crippen molar-refractivity contribution in [1.82, 2.24) is 4.31 Å². The number of hydrogen-bond donors (Lipinski definition) is 1. The van der Waals surface area contributed by atoms with Crippen LogP contribution < -0.4 is 5.32 Å². The summed E-state index contributed by atoms with van der Waals surface area (Å²) in [5.74, 6) is -0.534. The van der Waals surface area contributed by atoms with Gasteiger partial charge in [0.15, 0.2) is 0 Å². The molecule has 0 atom stereocenters. The van der Waals surface area contributed by atoms with Gasteiger partial charge >= 0.3 is 5.97 Å². The van der Waals surface area contributed by atoms with Crippen molar-refractivity contribution < 1.29 is 27.5 Å². The van der Waals surface area contributed by atoms with Crippen molar-refractivity contribution in [3.8, 4) is 0 Å². The van der Waals surface area contributed by atoms with Crippen molar-refractivity contribution in [2.75, 3.05) is 38.7 Å². The van der Waals surface area contributed by atoms with Crippen LogP contribution in [-0.2, 0) is 30.7 Å². The summed E-state index contributed by atoms with van der Waals surface area (Å²) in [5, 5.41) is 5.05. The van der Waals surface area contributed by atoms with E-state index in [-0.39, 0.29) is 4.90 Å². The zero-order chi connectivity index (χ0) is 24.0. The van der Waals surface area contributed by atoms with Crippen LogP contribution in [0.5, 0.6) is 0 Å². The Bertz CT molecular complexity index is 1110. The van der Waals surface area contributed by atoms with Gasteiger partial charge in [0.25, 0.3) is 0 Å². The lowest BCUT2D eigenvalue weighted by atomic mass is 10.0. The number of benzene rings is 1. The van der Waals surface area contributed by atoms with Crippen LogP contribution in [0.1, 0.15) is 35.3 Å². The molecule has 0 aliphatic carbocycles. The van der Waals surface area contributed by atoms with E-state index in [2.05, 4.69) is 19.2 Å². The molecule has 1 saturated heterocycles. The van der Waals surface area contributed by atoms with E-state index < -0.39 is 21.9 Å². The Labute approximate surface area is 198 Å². The van der Waals surface area contributed by atoms with E-state index in [4.69, 9.17) is 9.47 Å². The fraction of sp³-hybridized carbons (Fsp3) is 0.391. The van der Waals surface area contributed by atoms with Crippen molar-refractivity contribution in [2.24, 2.45) is 5.92 Å². The predicted molar refractivity (Wildman–Crippen MR) is 128 cm³/mol. The number of amides is 1. The molecule has 2 aromatic rings. The van der Waals surface area contributed by atoms with Crippen LogP contribution in [0, 0.1) is 5.92 Å². The highest BCUT2D eigenvalue weighted by Crippen LogP contribution is 2.31. The third-order valence-corrected chi connectivity index (χ3v) is 7.89. The molecule has 1 fully saturated rings. The second-order valence-electron chi connectivity index (χ2n) is 7.96. The van der Waals surface area contributed by atoms with Gasteiger partial charge < -0.3 is 14.8 Å². The van der Waals surface area contributed by atoms with Crippen LogP contribution in [0.4, 0.5) is 5.00 Å².